The van der Waals surface area contributed by atoms with Gasteiger partial charge in [-0.1, -0.05) is 6.07 Å². The zero-order valence-corrected chi connectivity index (χ0v) is 9.08. The summed E-state index contributed by atoms with van der Waals surface area (Å²) in [6.45, 7) is 0. The first-order valence-electron chi connectivity index (χ1n) is 5.04. The summed E-state index contributed by atoms with van der Waals surface area (Å²) in [5.74, 6) is -3.25. The predicted molar refractivity (Wildman–Crippen MR) is 60.6 cm³/mol. The van der Waals surface area contributed by atoms with Crippen LogP contribution < -0.4 is 5.73 Å². The average Bonchev–Trinajstić information content (AvgIpc) is 2.30. The Kier molecular flexibility index (Phi) is 3.06. The fourth-order valence-electron chi connectivity index (χ4n) is 1.58. The summed E-state index contributed by atoms with van der Waals surface area (Å²) in [6, 6.07) is 6.08. The number of halogens is 3. The van der Waals surface area contributed by atoms with Gasteiger partial charge in [-0.3, -0.25) is 4.79 Å². The normalized spacial score (nSPS) is 10.4. The van der Waals surface area contributed by atoms with E-state index in [1.165, 1.54) is 12.1 Å². The first-order chi connectivity index (χ1) is 8.49. The van der Waals surface area contributed by atoms with Gasteiger partial charge in [-0.25, -0.2) is 13.2 Å². The standard InChI is InChI=1S/C13H8F3NO/c14-8-4-7(5-9(15)6-8)13(18)10-2-1-3-11(16)12(10)17/h1-6H,17H2. The van der Waals surface area contributed by atoms with E-state index in [0.29, 0.717) is 6.07 Å². The van der Waals surface area contributed by atoms with E-state index in [4.69, 9.17) is 5.73 Å². The van der Waals surface area contributed by atoms with Gasteiger partial charge in [-0.2, -0.15) is 0 Å². The number of rotatable bonds is 2. The van der Waals surface area contributed by atoms with Crippen molar-refractivity contribution in [2.75, 3.05) is 5.73 Å². The maximum Gasteiger partial charge on any atom is 0.195 e. The highest BCUT2D eigenvalue weighted by Crippen LogP contribution is 2.20. The van der Waals surface area contributed by atoms with Gasteiger partial charge in [0.1, 0.15) is 17.5 Å². The number of ketones is 1. The highest BCUT2D eigenvalue weighted by atomic mass is 19.1. The number of para-hydroxylation sites is 1. The molecule has 0 saturated carbocycles. The molecule has 0 aliphatic heterocycles. The van der Waals surface area contributed by atoms with Crippen LogP contribution in [-0.4, -0.2) is 5.78 Å². The largest absolute Gasteiger partial charge is 0.396 e. The van der Waals surface area contributed by atoms with Crippen LogP contribution in [-0.2, 0) is 0 Å². The molecule has 0 aromatic heterocycles. The van der Waals surface area contributed by atoms with Gasteiger partial charge < -0.3 is 5.73 Å². The molecular weight excluding hydrogens is 243 g/mol. The third-order valence-electron chi connectivity index (χ3n) is 2.42. The highest BCUT2D eigenvalue weighted by molar-refractivity contribution is 6.12. The molecule has 0 atom stereocenters. The van der Waals surface area contributed by atoms with Gasteiger partial charge in [-0.15, -0.1) is 0 Å². The van der Waals surface area contributed by atoms with Crippen LogP contribution in [0.15, 0.2) is 36.4 Å². The molecule has 2 aromatic rings. The number of anilines is 1. The van der Waals surface area contributed by atoms with Gasteiger partial charge in [0.2, 0.25) is 0 Å². The van der Waals surface area contributed by atoms with Crippen molar-refractivity contribution < 1.29 is 18.0 Å². The van der Waals surface area contributed by atoms with Gasteiger partial charge in [-0.05, 0) is 24.3 Å². The molecule has 0 spiro atoms. The second kappa shape index (κ2) is 4.52. The van der Waals surface area contributed by atoms with Gasteiger partial charge in [0, 0.05) is 17.2 Å². The van der Waals surface area contributed by atoms with E-state index in [1.807, 2.05) is 0 Å². The van der Waals surface area contributed by atoms with E-state index in [0.717, 1.165) is 18.2 Å². The smallest absolute Gasteiger partial charge is 0.195 e. The Balaban J connectivity index is 2.51. The summed E-state index contributed by atoms with van der Waals surface area (Å²) in [6.07, 6.45) is 0. The molecule has 0 saturated heterocycles. The number of carbonyl (C=O) groups excluding carboxylic acids is 1. The third kappa shape index (κ3) is 2.20. The molecule has 0 aliphatic rings. The van der Waals surface area contributed by atoms with Crippen molar-refractivity contribution in [3.8, 4) is 0 Å². The van der Waals surface area contributed by atoms with Gasteiger partial charge in [0.15, 0.2) is 5.78 Å². The number of benzene rings is 2. The van der Waals surface area contributed by atoms with Crippen LogP contribution >= 0.6 is 0 Å². The fourth-order valence-corrected chi connectivity index (χ4v) is 1.58. The van der Waals surface area contributed by atoms with Gasteiger partial charge in [0.05, 0.1) is 5.69 Å². The quantitative estimate of drug-likeness (QED) is 0.658. The van der Waals surface area contributed by atoms with Crippen molar-refractivity contribution in [3.05, 3.63) is 65.0 Å². The zero-order chi connectivity index (χ0) is 13.3. The van der Waals surface area contributed by atoms with Crippen LogP contribution in [0.2, 0.25) is 0 Å². The third-order valence-corrected chi connectivity index (χ3v) is 2.42. The molecule has 2 N–H and O–H groups in total. The molecular formula is C13H8F3NO. The van der Waals surface area contributed by atoms with Crippen LogP contribution in [0.3, 0.4) is 0 Å². The molecule has 0 fully saturated rings. The second-order valence-corrected chi connectivity index (χ2v) is 3.69. The number of nitrogens with two attached hydrogens (primary N) is 1. The highest BCUT2D eigenvalue weighted by Gasteiger charge is 2.16. The van der Waals surface area contributed by atoms with Crippen molar-refractivity contribution in [3.63, 3.8) is 0 Å². The van der Waals surface area contributed by atoms with Crippen LogP contribution in [0.25, 0.3) is 0 Å². The Morgan fingerprint density at radius 1 is 1.00 bits per heavy atom. The lowest BCUT2D eigenvalue weighted by Crippen LogP contribution is -2.07. The van der Waals surface area contributed by atoms with Gasteiger partial charge >= 0.3 is 0 Å². The zero-order valence-electron chi connectivity index (χ0n) is 9.08. The van der Waals surface area contributed by atoms with Crippen molar-refractivity contribution in [2.45, 2.75) is 0 Å². The molecule has 0 aliphatic carbocycles. The summed E-state index contributed by atoms with van der Waals surface area (Å²) in [5, 5.41) is 0. The minimum absolute atomic E-state index is 0.125. The van der Waals surface area contributed by atoms with Crippen LogP contribution in [0, 0.1) is 17.5 Å². The first-order valence-corrected chi connectivity index (χ1v) is 5.04. The maximum atomic E-state index is 13.2. The SMILES string of the molecule is Nc1c(F)cccc1C(=O)c1cc(F)cc(F)c1. The lowest BCUT2D eigenvalue weighted by atomic mass is 10.0. The Hall–Kier alpha value is -2.30. The molecule has 2 rings (SSSR count). The monoisotopic (exact) mass is 251 g/mol. The summed E-state index contributed by atoms with van der Waals surface area (Å²) in [5.41, 5.74) is 4.73. The van der Waals surface area contributed by atoms with Crippen molar-refractivity contribution in [1.29, 1.82) is 0 Å². The lowest BCUT2D eigenvalue weighted by molar-refractivity contribution is 0.103. The lowest BCUT2D eigenvalue weighted by Gasteiger charge is -2.06. The fraction of sp³-hybridized carbons (Fsp3) is 0. The molecule has 5 heteroatoms. The van der Waals surface area contributed by atoms with Gasteiger partial charge in [0.25, 0.3) is 0 Å². The molecule has 0 bridgehead atoms. The van der Waals surface area contributed by atoms with E-state index in [2.05, 4.69) is 0 Å². The number of carbonyl (C=O) groups is 1. The molecule has 92 valence electrons. The summed E-state index contributed by atoms with van der Waals surface area (Å²) >= 11 is 0. The number of hydrogen-bond acceptors (Lipinski definition) is 2. The topological polar surface area (TPSA) is 43.1 Å². The minimum Gasteiger partial charge on any atom is -0.396 e. The van der Waals surface area contributed by atoms with E-state index in [-0.39, 0.29) is 16.8 Å². The molecule has 0 radical (unpaired) electrons. The Morgan fingerprint density at radius 2 is 1.61 bits per heavy atom. The van der Waals surface area contributed by atoms with Crippen molar-refractivity contribution in [2.24, 2.45) is 0 Å². The summed E-state index contributed by atoms with van der Waals surface area (Å²) in [7, 11) is 0. The van der Waals surface area contributed by atoms with E-state index in [1.54, 1.807) is 0 Å². The van der Waals surface area contributed by atoms with Crippen LogP contribution in [0.1, 0.15) is 15.9 Å². The maximum absolute atomic E-state index is 13.2. The first kappa shape index (κ1) is 12.2. The van der Waals surface area contributed by atoms with E-state index < -0.39 is 23.2 Å². The van der Waals surface area contributed by atoms with Crippen molar-refractivity contribution in [1.82, 2.24) is 0 Å². The molecule has 0 unspecified atom stereocenters. The molecule has 0 heterocycles. The molecule has 0 amide bonds. The second-order valence-electron chi connectivity index (χ2n) is 3.69. The van der Waals surface area contributed by atoms with E-state index >= 15 is 0 Å². The molecule has 2 aromatic carbocycles. The molecule has 2 nitrogen and oxygen atoms in total. The van der Waals surface area contributed by atoms with Crippen molar-refractivity contribution >= 4 is 11.5 Å². The number of hydrogen-bond donors (Lipinski definition) is 1. The Morgan fingerprint density at radius 3 is 2.22 bits per heavy atom. The minimum atomic E-state index is -0.881. The predicted octanol–water partition coefficient (Wildman–Crippen LogP) is 2.92. The molecule has 18 heavy (non-hydrogen) atoms. The summed E-state index contributed by atoms with van der Waals surface area (Å²) in [4.78, 5) is 11.9. The number of nitrogen functional groups attached to an aromatic ring is 1. The van der Waals surface area contributed by atoms with Crippen LogP contribution in [0.4, 0.5) is 18.9 Å². The Bertz CT molecular complexity index is 605. The Labute approximate surface area is 101 Å². The average molecular weight is 251 g/mol. The summed E-state index contributed by atoms with van der Waals surface area (Å²) < 4.78 is 39.2. The van der Waals surface area contributed by atoms with Crippen LogP contribution in [0.5, 0.6) is 0 Å². The van der Waals surface area contributed by atoms with E-state index in [9.17, 15) is 18.0 Å².